The van der Waals surface area contributed by atoms with Crippen molar-refractivity contribution in [3.63, 3.8) is 0 Å². The van der Waals surface area contributed by atoms with E-state index in [0.29, 0.717) is 5.82 Å². The lowest BCUT2D eigenvalue weighted by Crippen LogP contribution is -1.97. The van der Waals surface area contributed by atoms with Gasteiger partial charge in [-0.1, -0.05) is 0 Å². The molecular weight excluding hydrogens is 408 g/mol. The van der Waals surface area contributed by atoms with Crippen LogP contribution >= 0.6 is 38.6 Å². The summed E-state index contributed by atoms with van der Waals surface area (Å²) in [4.78, 5) is 9.90. The second kappa shape index (κ2) is 6.56. The van der Waals surface area contributed by atoms with Crippen molar-refractivity contribution < 1.29 is 5.11 Å². The number of nitrogens with one attached hydrogen (secondary N) is 1. The molecule has 0 saturated heterocycles. The zero-order valence-electron chi connectivity index (χ0n) is 12.2. The van der Waals surface area contributed by atoms with Crippen LogP contribution in [0.3, 0.4) is 0 Å². The van der Waals surface area contributed by atoms with Crippen molar-refractivity contribution in [2.75, 3.05) is 0 Å². The van der Waals surface area contributed by atoms with E-state index in [1.165, 1.54) is 11.3 Å². The molecule has 0 amide bonds. The fourth-order valence-corrected chi connectivity index (χ4v) is 4.98. The number of rotatable bonds is 4. The van der Waals surface area contributed by atoms with Crippen molar-refractivity contribution in [2.24, 2.45) is 0 Å². The first kappa shape index (κ1) is 15.6. The van der Waals surface area contributed by atoms with E-state index in [1.54, 1.807) is 30.1 Å². The molecule has 1 unspecified atom stereocenters. The Morgan fingerprint density at radius 3 is 2.71 bits per heavy atom. The minimum Gasteiger partial charge on any atom is -0.383 e. The SMILES string of the molecule is OC(c1cc(Br)cs1)c1cc(-c2ccncc2)sc1-c1nnc[nH]1. The molecule has 4 rings (SSSR count). The average Bonchev–Trinajstić information content (AvgIpc) is 3.35. The summed E-state index contributed by atoms with van der Waals surface area (Å²) < 4.78 is 0.965. The van der Waals surface area contributed by atoms with Crippen LogP contribution in [0.15, 0.2) is 52.8 Å². The highest BCUT2D eigenvalue weighted by atomic mass is 79.9. The number of nitrogens with zero attached hydrogens (tertiary/aromatic N) is 3. The predicted octanol–water partition coefficient (Wildman–Crippen LogP) is 4.50. The first-order chi connectivity index (χ1) is 11.7. The maximum absolute atomic E-state index is 10.9. The summed E-state index contributed by atoms with van der Waals surface area (Å²) in [5.74, 6) is 0.657. The molecule has 0 aliphatic rings. The first-order valence-electron chi connectivity index (χ1n) is 7.05. The van der Waals surface area contributed by atoms with Crippen molar-refractivity contribution in [1.29, 1.82) is 0 Å². The fraction of sp³-hybridized carbons (Fsp3) is 0.0625. The van der Waals surface area contributed by atoms with Crippen LogP contribution in [0, 0.1) is 0 Å². The molecule has 4 aromatic heterocycles. The van der Waals surface area contributed by atoms with Crippen LogP contribution in [0.5, 0.6) is 0 Å². The molecule has 0 radical (unpaired) electrons. The van der Waals surface area contributed by atoms with E-state index in [1.807, 2.05) is 29.6 Å². The summed E-state index contributed by atoms with van der Waals surface area (Å²) >= 11 is 6.53. The second-order valence-electron chi connectivity index (χ2n) is 5.04. The Labute approximate surface area is 154 Å². The van der Waals surface area contributed by atoms with E-state index < -0.39 is 6.10 Å². The molecule has 120 valence electrons. The molecule has 1 atom stereocenters. The topological polar surface area (TPSA) is 74.7 Å². The number of aromatic amines is 1. The Morgan fingerprint density at radius 1 is 1.21 bits per heavy atom. The normalized spacial score (nSPS) is 12.4. The van der Waals surface area contributed by atoms with E-state index in [0.717, 1.165) is 30.2 Å². The van der Waals surface area contributed by atoms with Gasteiger partial charge in [-0.25, -0.2) is 0 Å². The third-order valence-corrected chi connectivity index (χ3v) is 6.46. The maximum Gasteiger partial charge on any atom is 0.171 e. The van der Waals surface area contributed by atoms with Crippen molar-refractivity contribution in [3.8, 4) is 21.1 Å². The number of aromatic nitrogens is 4. The molecule has 0 aliphatic carbocycles. The number of hydrogen-bond acceptors (Lipinski definition) is 6. The highest BCUT2D eigenvalue weighted by Gasteiger charge is 2.22. The lowest BCUT2D eigenvalue weighted by Gasteiger charge is -2.08. The van der Waals surface area contributed by atoms with Gasteiger partial charge in [0.2, 0.25) is 0 Å². The van der Waals surface area contributed by atoms with Gasteiger partial charge in [-0.3, -0.25) is 4.98 Å². The minimum absolute atomic E-state index is 0.657. The van der Waals surface area contributed by atoms with Gasteiger partial charge in [0.05, 0.1) is 4.88 Å². The summed E-state index contributed by atoms with van der Waals surface area (Å²) in [7, 11) is 0. The average molecular weight is 419 g/mol. The van der Waals surface area contributed by atoms with Crippen LogP contribution in [0.1, 0.15) is 16.5 Å². The summed E-state index contributed by atoms with van der Waals surface area (Å²) in [6.45, 7) is 0. The van der Waals surface area contributed by atoms with E-state index in [2.05, 4.69) is 36.1 Å². The molecule has 0 aliphatic heterocycles. The van der Waals surface area contributed by atoms with Crippen LogP contribution in [-0.2, 0) is 0 Å². The number of pyridine rings is 1. The minimum atomic E-state index is -0.715. The van der Waals surface area contributed by atoms with Crippen molar-refractivity contribution in [3.05, 3.63) is 63.3 Å². The fourth-order valence-electron chi connectivity index (χ4n) is 2.39. The van der Waals surface area contributed by atoms with Crippen LogP contribution in [0.25, 0.3) is 21.1 Å². The maximum atomic E-state index is 10.9. The smallest absolute Gasteiger partial charge is 0.171 e. The van der Waals surface area contributed by atoms with Gasteiger partial charge in [-0.15, -0.1) is 32.9 Å². The van der Waals surface area contributed by atoms with Crippen molar-refractivity contribution >= 4 is 38.6 Å². The monoisotopic (exact) mass is 418 g/mol. The van der Waals surface area contributed by atoms with Gasteiger partial charge >= 0.3 is 0 Å². The molecule has 5 nitrogen and oxygen atoms in total. The number of hydrogen-bond donors (Lipinski definition) is 2. The first-order valence-corrected chi connectivity index (χ1v) is 9.54. The van der Waals surface area contributed by atoms with Gasteiger partial charge in [0.15, 0.2) is 5.82 Å². The van der Waals surface area contributed by atoms with Crippen molar-refractivity contribution in [1.82, 2.24) is 20.2 Å². The van der Waals surface area contributed by atoms with Gasteiger partial charge in [0.25, 0.3) is 0 Å². The summed E-state index contributed by atoms with van der Waals surface area (Å²) in [5.41, 5.74) is 1.87. The Bertz CT molecular complexity index is 950. The number of H-pyrrole nitrogens is 1. The molecule has 24 heavy (non-hydrogen) atoms. The predicted molar refractivity (Wildman–Crippen MR) is 99.0 cm³/mol. The zero-order valence-corrected chi connectivity index (χ0v) is 15.4. The molecule has 0 spiro atoms. The third kappa shape index (κ3) is 2.93. The summed E-state index contributed by atoms with van der Waals surface area (Å²) in [6, 6.07) is 7.85. The van der Waals surface area contributed by atoms with E-state index in [-0.39, 0.29) is 0 Å². The van der Waals surface area contributed by atoms with Gasteiger partial charge in [-0.2, -0.15) is 0 Å². The largest absolute Gasteiger partial charge is 0.383 e. The van der Waals surface area contributed by atoms with Crippen LogP contribution in [0.4, 0.5) is 0 Å². The molecule has 4 heterocycles. The molecule has 4 aromatic rings. The van der Waals surface area contributed by atoms with Gasteiger partial charge in [0.1, 0.15) is 12.4 Å². The summed E-state index contributed by atoms with van der Waals surface area (Å²) in [6.07, 6.45) is 4.35. The Hall–Kier alpha value is -1.87. The van der Waals surface area contributed by atoms with Gasteiger partial charge in [0, 0.05) is 37.6 Å². The van der Waals surface area contributed by atoms with E-state index in [4.69, 9.17) is 0 Å². The quantitative estimate of drug-likeness (QED) is 0.511. The summed E-state index contributed by atoms with van der Waals surface area (Å²) in [5, 5.41) is 20.8. The molecular formula is C16H11BrN4OS2. The molecule has 2 N–H and O–H groups in total. The number of aliphatic hydroxyl groups is 1. The highest BCUT2D eigenvalue weighted by Crippen LogP contribution is 2.42. The zero-order chi connectivity index (χ0) is 16.5. The molecule has 8 heteroatoms. The Kier molecular flexibility index (Phi) is 4.28. The van der Waals surface area contributed by atoms with Crippen LogP contribution < -0.4 is 0 Å². The number of aliphatic hydroxyl groups excluding tert-OH is 1. The highest BCUT2D eigenvalue weighted by molar-refractivity contribution is 9.10. The van der Waals surface area contributed by atoms with Crippen LogP contribution in [0.2, 0.25) is 0 Å². The Morgan fingerprint density at radius 2 is 2.04 bits per heavy atom. The number of halogens is 1. The third-order valence-electron chi connectivity index (χ3n) is 3.51. The number of thiophene rings is 2. The molecule has 0 fully saturated rings. The van der Waals surface area contributed by atoms with Gasteiger partial charge in [-0.05, 0) is 45.8 Å². The molecule has 0 bridgehead atoms. The Balaban J connectivity index is 1.84. The lowest BCUT2D eigenvalue weighted by molar-refractivity contribution is 0.225. The second-order valence-corrected chi connectivity index (χ2v) is 7.95. The van der Waals surface area contributed by atoms with E-state index >= 15 is 0 Å². The lowest BCUT2D eigenvalue weighted by atomic mass is 10.1. The molecule has 0 saturated carbocycles. The van der Waals surface area contributed by atoms with E-state index in [9.17, 15) is 5.11 Å². The van der Waals surface area contributed by atoms with Crippen molar-refractivity contribution in [2.45, 2.75) is 6.10 Å². The molecule has 0 aromatic carbocycles. The van der Waals surface area contributed by atoms with Gasteiger partial charge < -0.3 is 10.1 Å². The standard InChI is InChI=1S/C16H11BrN4OS2/c17-10-5-13(23-7-10)14(22)11-6-12(9-1-3-18-4-2-9)24-15(11)16-19-8-20-21-16/h1-8,14,22H,(H,19,20,21). The van der Waals surface area contributed by atoms with Crippen LogP contribution in [-0.4, -0.2) is 25.3 Å².